The fraction of sp³-hybridized carbons (Fsp3) is 0.500. The fourth-order valence-electron chi connectivity index (χ4n) is 2.65. The lowest BCUT2D eigenvalue weighted by atomic mass is 10.1. The number of carboxylic acid groups (broad SMARTS) is 1. The first kappa shape index (κ1) is 18.9. The molecular formula is C18H24N2O5. The molecule has 1 aromatic carbocycles. The lowest BCUT2D eigenvalue weighted by molar-refractivity contribution is -0.147. The number of amides is 2. The summed E-state index contributed by atoms with van der Waals surface area (Å²) in [6.07, 6.45) is 0.319. The molecule has 0 bridgehead atoms. The molecule has 0 aliphatic carbocycles. The normalized spacial score (nSPS) is 17.2. The minimum Gasteiger partial charge on any atom is -0.481 e. The zero-order valence-corrected chi connectivity index (χ0v) is 14.4. The number of carbonyl (C=O) groups excluding carboxylic acids is 2. The van der Waals surface area contributed by atoms with Gasteiger partial charge in [0.05, 0.1) is 25.7 Å². The average molecular weight is 348 g/mol. The van der Waals surface area contributed by atoms with Gasteiger partial charge in [-0.3, -0.25) is 14.4 Å². The number of carboxylic acids is 1. The van der Waals surface area contributed by atoms with Gasteiger partial charge in [-0.25, -0.2) is 0 Å². The Bertz CT molecular complexity index is 614. The van der Waals surface area contributed by atoms with Gasteiger partial charge >= 0.3 is 5.97 Å². The van der Waals surface area contributed by atoms with Crippen LogP contribution >= 0.6 is 0 Å². The Morgan fingerprint density at radius 2 is 2.00 bits per heavy atom. The fourth-order valence-corrected chi connectivity index (χ4v) is 2.65. The van der Waals surface area contributed by atoms with Crippen molar-refractivity contribution in [3.8, 4) is 0 Å². The number of nitrogens with zero attached hydrogens (tertiary/aromatic N) is 1. The lowest BCUT2D eigenvalue weighted by Gasteiger charge is -2.32. The number of hydrogen-bond acceptors (Lipinski definition) is 4. The summed E-state index contributed by atoms with van der Waals surface area (Å²) in [5.74, 6) is -1.35. The Morgan fingerprint density at radius 3 is 2.68 bits per heavy atom. The first-order valence-corrected chi connectivity index (χ1v) is 8.37. The molecule has 1 aromatic rings. The van der Waals surface area contributed by atoms with E-state index >= 15 is 0 Å². The highest BCUT2D eigenvalue weighted by molar-refractivity contribution is 5.85. The van der Waals surface area contributed by atoms with Crippen LogP contribution in [0.5, 0.6) is 0 Å². The number of carbonyl (C=O) groups is 3. The summed E-state index contributed by atoms with van der Waals surface area (Å²) in [6.45, 7) is 2.89. The Balaban J connectivity index is 1.70. The quantitative estimate of drug-likeness (QED) is 0.758. The molecule has 1 aliphatic rings. The van der Waals surface area contributed by atoms with Crippen molar-refractivity contribution in [2.75, 3.05) is 26.2 Å². The molecule has 0 saturated carbocycles. The molecule has 1 atom stereocenters. The average Bonchev–Trinajstić information content (AvgIpc) is 2.59. The van der Waals surface area contributed by atoms with Crippen molar-refractivity contribution in [3.63, 3.8) is 0 Å². The van der Waals surface area contributed by atoms with Crippen LogP contribution in [0.15, 0.2) is 24.3 Å². The molecular weight excluding hydrogens is 324 g/mol. The predicted octanol–water partition coefficient (Wildman–Crippen LogP) is 0.746. The van der Waals surface area contributed by atoms with E-state index in [9.17, 15) is 14.4 Å². The molecule has 0 spiro atoms. The Kier molecular flexibility index (Phi) is 6.94. The largest absolute Gasteiger partial charge is 0.481 e. The monoisotopic (exact) mass is 348 g/mol. The number of rotatable bonds is 7. The first-order valence-electron chi connectivity index (χ1n) is 8.37. The van der Waals surface area contributed by atoms with Crippen LogP contribution in [-0.4, -0.2) is 60.1 Å². The minimum atomic E-state index is -0.955. The van der Waals surface area contributed by atoms with Crippen LogP contribution in [0, 0.1) is 6.92 Å². The molecule has 0 radical (unpaired) electrons. The second kappa shape index (κ2) is 9.17. The SMILES string of the molecule is Cc1ccc(CCC(=O)NCC(=O)N2CCOC(CC(=O)O)C2)cc1. The standard InChI is InChI=1S/C18H24N2O5/c1-13-2-4-14(5-3-13)6-7-16(21)19-11-17(22)20-8-9-25-15(12-20)10-18(23)24/h2-5,15H,6-12H2,1H3,(H,19,21)(H,23,24). The number of nitrogens with one attached hydrogen (secondary N) is 1. The molecule has 1 aliphatic heterocycles. The summed E-state index contributed by atoms with van der Waals surface area (Å²) in [4.78, 5) is 36.3. The van der Waals surface area contributed by atoms with Gasteiger partial charge in [0, 0.05) is 19.5 Å². The van der Waals surface area contributed by atoms with Crippen molar-refractivity contribution in [3.05, 3.63) is 35.4 Å². The molecule has 2 N–H and O–H groups in total. The summed E-state index contributed by atoms with van der Waals surface area (Å²) in [7, 11) is 0. The van der Waals surface area contributed by atoms with Gasteiger partial charge in [-0.1, -0.05) is 29.8 Å². The van der Waals surface area contributed by atoms with Gasteiger partial charge in [-0.15, -0.1) is 0 Å². The van der Waals surface area contributed by atoms with Gasteiger partial charge in [0.1, 0.15) is 0 Å². The van der Waals surface area contributed by atoms with Crippen LogP contribution in [-0.2, 0) is 25.5 Å². The van der Waals surface area contributed by atoms with Gasteiger partial charge in [-0.05, 0) is 18.9 Å². The third-order valence-electron chi connectivity index (χ3n) is 4.09. The van der Waals surface area contributed by atoms with Crippen molar-refractivity contribution in [1.82, 2.24) is 10.2 Å². The maximum Gasteiger partial charge on any atom is 0.306 e. The summed E-state index contributed by atoms with van der Waals surface area (Å²) >= 11 is 0. The number of morpholine rings is 1. The van der Waals surface area contributed by atoms with Crippen LogP contribution in [0.4, 0.5) is 0 Å². The van der Waals surface area contributed by atoms with E-state index in [0.717, 1.165) is 5.56 Å². The van der Waals surface area contributed by atoms with E-state index in [1.807, 2.05) is 31.2 Å². The molecule has 2 amide bonds. The molecule has 1 heterocycles. The van der Waals surface area contributed by atoms with E-state index < -0.39 is 12.1 Å². The molecule has 7 nitrogen and oxygen atoms in total. The molecule has 1 unspecified atom stereocenters. The Labute approximate surface area is 147 Å². The maximum absolute atomic E-state index is 12.2. The van der Waals surface area contributed by atoms with Crippen molar-refractivity contribution >= 4 is 17.8 Å². The van der Waals surface area contributed by atoms with E-state index in [1.165, 1.54) is 10.5 Å². The van der Waals surface area contributed by atoms with Crippen LogP contribution in [0.2, 0.25) is 0 Å². The number of aliphatic carboxylic acids is 1. The van der Waals surface area contributed by atoms with Gasteiger partial charge in [0.25, 0.3) is 0 Å². The summed E-state index contributed by atoms with van der Waals surface area (Å²) in [5.41, 5.74) is 2.25. The highest BCUT2D eigenvalue weighted by Gasteiger charge is 2.25. The Morgan fingerprint density at radius 1 is 1.28 bits per heavy atom. The third-order valence-corrected chi connectivity index (χ3v) is 4.09. The van der Waals surface area contributed by atoms with Crippen molar-refractivity contribution < 1.29 is 24.2 Å². The maximum atomic E-state index is 12.2. The van der Waals surface area contributed by atoms with Crippen molar-refractivity contribution in [1.29, 1.82) is 0 Å². The van der Waals surface area contributed by atoms with E-state index in [4.69, 9.17) is 9.84 Å². The van der Waals surface area contributed by atoms with Crippen LogP contribution in [0.25, 0.3) is 0 Å². The predicted molar refractivity (Wildman–Crippen MR) is 91.1 cm³/mol. The summed E-state index contributed by atoms with van der Waals surface area (Å²) < 4.78 is 5.33. The topological polar surface area (TPSA) is 95.9 Å². The lowest BCUT2D eigenvalue weighted by Crippen LogP contribution is -2.49. The van der Waals surface area contributed by atoms with Gasteiger partial charge in [-0.2, -0.15) is 0 Å². The van der Waals surface area contributed by atoms with Crippen molar-refractivity contribution in [2.24, 2.45) is 0 Å². The zero-order valence-electron chi connectivity index (χ0n) is 14.4. The van der Waals surface area contributed by atoms with Gasteiger partial charge in [0.2, 0.25) is 11.8 Å². The van der Waals surface area contributed by atoms with E-state index in [1.54, 1.807) is 0 Å². The molecule has 25 heavy (non-hydrogen) atoms. The third kappa shape index (κ3) is 6.54. The smallest absolute Gasteiger partial charge is 0.306 e. The number of benzene rings is 1. The molecule has 7 heteroatoms. The van der Waals surface area contributed by atoms with Gasteiger partial charge < -0.3 is 20.1 Å². The van der Waals surface area contributed by atoms with Crippen molar-refractivity contribution in [2.45, 2.75) is 32.3 Å². The number of ether oxygens (including phenoxy) is 1. The number of aryl methyl sites for hydroxylation is 2. The molecule has 1 saturated heterocycles. The second-order valence-corrected chi connectivity index (χ2v) is 6.19. The van der Waals surface area contributed by atoms with E-state index in [0.29, 0.717) is 26.0 Å². The van der Waals surface area contributed by atoms with Crippen LogP contribution in [0.3, 0.4) is 0 Å². The van der Waals surface area contributed by atoms with E-state index in [2.05, 4.69) is 5.32 Å². The molecule has 2 rings (SSSR count). The zero-order chi connectivity index (χ0) is 18.2. The van der Waals surface area contributed by atoms with Crippen LogP contribution < -0.4 is 5.32 Å². The number of hydrogen-bond donors (Lipinski definition) is 2. The molecule has 1 fully saturated rings. The summed E-state index contributed by atoms with van der Waals surface area (Å²) in [6, 6.07) is 7.99. The molecule has 0 aromatic heterocycles. The minimum absolute atomic E-state index is 0.0769. The molecule has 136 valence electrons. The first-order chi connectivity index (χ1) is 11.9. The van der Waals surface area contributed by atoms with E-state index in [-0.39, 0.29) is 31.3 Å². The van der Waals surface area contributed by atoms with Gasteiger partial charge in [0.15, 0.2) is 0 Å². The highest BCUT2D eigenvalue weighted by atomic mass is 16.5. The Hall–Kier alpha value is -2.41. The second-order valence-electron chi connectivity index (χ2n) is 6.19. The van der Waals surface area contributed by atoms with Crippen LogP contribution in [0.1, 0.15) is 24.0 Å². The highest BCUT2D eigenvalue weighted by Crippen LogP contribution is 2.09. The summed E-state index contributed by atoms with van der Waals surface area (Å²) in [5, 5.41) is 11.4.